The zero-order valence-corrected chi connectivity index (χ0v) is 16.4. The Morgan fingerprint density at radius 2 is 1.92 bits per heavy atom. The van der Waals surface area contributed by atoms with Gasteiger partial charge in [-0.25, -0.2) is 9.97 Å². The van der Waals surface area contributed by atoms with Gasteiger partial charge in [0.05, 0.1) is 11.9 Å². The Balaban J connectivity index is 1.59. The smallest absolute Gasteiger partial charge is 0.255 e. The van der Waals surface area contributed by atoms with Crippen LogP contribution in [0.1, 0.15) is 36.7 Å². The normalized spacial score (nSPS) is 16.2. The van der Waals surface area contributed by atoms with Crippen LogP contribution in [0.4, 0.5) is 0 Å². The average molecular weight is 358 g/mol. The van der Waals surface area contributed by atoms with Crippen molar-refractivity contribution in [3.63, 3.8) is 0 Å². The summed E-state index contributed by atoms with van der Waals surface area (Å²) >= 11 is 0. The fourth-order valence-electron chi connectivity index (χ4n) is 3.38. The lowest BCUT2D eigenvalue weighted by Gasteiger charge is -2.34. The summed E-state index contributed by atoms with van der Waals surface area (Å²) in [7, 11) is 4.21. The number of imidazole rings is 1. The SMILES string of the molecule is CC(C)n1cnc2cc(C(=O)N3CCN(CCCN(C)C)CC3)cnc21. The first-order valence-electron chi connectivity index (χ1n) is 9.44. The minimum atomic E-state index is 0.0615. The molecule has 3 heterocycles. The molecule has 0 bridgehead atoms. The first kappa shape index (κ1) is 18.8. The van der Waals surface area contributed by atoms with Crippen LogP contribution in [0.5, 0.6) is 0 Å². The van der Waals surface area contributed by atoms with E-state index in [-0.39, 0.29) is 5.91 Å². The second-order valence-corrected chi connectivity index (χ2v) is 7.60. The lowest BCUT2D eigenvalue weighted by atomic mass is 10.2. The van der Waals surface area contributed by atoms with E-state index in [4.69, 9.17) is 0 Å². The third-order valence-corrected chi connectivity index (χ3v) is 4.96. The van der Waals surface area contributed by atoms with Crippen LogP contribution in [0.25, 0.3) is 11.2 Å². The Hall–Kier alpha value is -1.99. The highest BCUT2D eigenvalue weighted by atomic mass is 16.2. The summed E-state index contributed by atoms with van der Waals surface area (Å²) in [5.41, 5.74) is 2.25. The molecule has 7 nitrogen and oxygen atoms in total. The lowest BCUT2D eigenvalue weighted by molar-refractivity contribution is 0.0633. The van der Waals surface area contributed by atoms with E-state index in [9.17, 15) is 4.79 Å². The summed E-state index contributed by atoms with van der Waals surface area (Å²) in [6, 6.07) is 2.17. The highest BCUT2D eigenvalue weighted by Crippen LogP contribution is 2.17. The molecule has 0 unspecified atom stereocenters. The lowest BCUT2D eigenvalue weighted by Crippen LogP contribution is -2.49. The maximum Gasteiger partial charge on any atom is 0.255 e. The molecule has 0 spiro atoms. The van der Waals surface area contributed by atoms with Crippen LogP contribution in [-0.4, -0.2) is 88.5 Å². The average Bonchev–Trinajstić information content (AvgIpc) is 3.05. The van der Waals surface area contributed by atoms with Gasteiger partial charge in [-0.15, -0.1) is 0 Å². The second-order valence-electron chi connectivity index (χ2n) is 7.60. The van der Waals surface area contributed by atoms with Gasteiger partial charge in [-0.2, -0.15) is 0 Å². The van der Waals surface area contributed by atoms with Crippen LogP contribution in [0, 0.1) is 0 Å². The zero-order chi connectivity index (χ0) is 18.7. The van der Waals surface area contributed by atoms with Crippen LogP contribution >= 0.6 is 0 Å². The molecule has 142 valence electrons. The topological polar surface area (TPSA) is 57.5 Å². The monoisotopic (exact) mass is 358 g/mol. The Bertz CT molecular complexity index is 746. The summed E-state index contributed by atoms with van der Waals surface area (Å²) in [6.07, 6.45) is 4.65. The number of carbonyl (C=O) groups excluding carboxylic acids is 1. The van der Waals surface area contributed by atoms with Gasteiger partial charge in [-0.1, -0.05) is 0 Å². The van der Waals surface area contributed by atoms with Gasteiger partial charge in [0, 0.05) is 38.4 Å². The molecule has 2 aromatic rings. The highest BCUT2D eigenvalue weighted by Gasteiger charge is 2.23. The number of carbonyl (C=O) groups is 1. The number of aromatic nitrogens is 3. The number of nitrogens with zero attached hydrogens (tertiary/aromatic N) is 6. The fraction of sp³-hybridized carbons (Fsp3) is 0.632. The van der Waals surface area contributed by atoms with E-state index in [1.807, 2.05) is 15.5 Å². The van der Waals surface area contributed by atoms with Crippen LogP contribution in [0.15, 0.2) is 18.6 Å². The van der Waals surface area contributed by atoms with Gasteiger partial charge in [0.2, 0.25) is 0 Å². The first-order chi connectivity index (χ1) is 12.5. The summed E-state index contributed by atoms with van der Waals surface area (Å²) in [5, 5.41) is 0. The number of fused-ring (bicyclic) bond motifs is 1. The van der Waals surface area contributed by atoms with Gasteiger partial charge < -0.3 is 14.4 Å². The van der Waals surface area contributed by atoms with Crippen LogP contribution < -0.4 is 0 Å². The van der Waals surface area contributed by atoms with Gasteiger partial charge in [0.25, 0.3) is 5.91 Å². The van der Waals surface area contributed by atoms with Crippen LogP contribution in [0.3, 0.4) is 0 Å². The van der Waals surface area contributed by atoms with Crippen molar-refractivity contribution in [3.05, 3.63) is 24.2 Å². The molecule has 0 aromatic carbocycles. The van der Waals surface area contributed by atoms with Crippen molar-refractivity contribution < 1.29 is 4.79 Å². The quantitative estimate of drug-likeness (QED) is 0.787. The Morgan fingerprint density at radius 3 is 2.58 bits per heavy atom. The molecule has 0 N–H and O–H groups in total. The maximum absolute atomic E-state index is 12.8. The number of hydrogen-bond donors (Lipinski definition) is 0. The van der Waals surface area contributed by atoms with Gasteiger partial charge in [-0.05, 0) is 53.5 Å². The molecule has 0 radical (unpaired) electrons. The molecule has 0 atom stereocenters. The third-order valence-electron chi connectivity index (χ3n) is 4.96. The van der Waals surface area contributed by atoms with Crippen molar-refractivity contribution in [1.82, 2.24) is 29.2 Å². The number of piperazine rings is 1. The van der Waals surface area contributed by atoms with Gasteiger partial charge >= 0.3 is 0 Å². The number of amides is 1. The molecule has 1 saturated heterocycles. The van der Waals surface area contributed by atoms with Crippen molar-refractivity contribution in [2.24, 2.45) is 0 Å². The predicted octanol–water partition coefficient (Wildman–Crippen LogP) is 1.72. The van der Waals surface area contributed by atoms with E-state index < -0.39 is 0 Å². The molecule has 26 heavy (non-hydrogen) atoms. The molecule has 0 saturated carbocycles. The number of pyridine rings is 1. The van der Waals surface area contributed by atoms with E-state index in [1.54, 1.807) is 12.5 Å². The molecule has 0 aliphatic carbocycles. The standard InChI is InChI=1S/C19H30N6O/c1-15(2)25-14-21-17-12-16(13-20-18(17)25)19(26)24-10-8-23(9-11-24)7-5-6-22(3)4/h12-15H,5-11H2,1-4H3. The highest BCUT2D eigenvalue weighted by molar-refractivity contribution is 5.96. The fourth-order valence-corrected chi connectivity index (χ4v) is 3.38. The van der Waals surface area contributed by atoms with E-state index in [1.165, 1.54) is 6.42 Å². The largest absolute Gasteiger partial charge is 0.336 e. The first-order valence-corrected chi connectivity index (χ1v) is 9.44. The molecule has 2 aromatic heterocycles. The molecule has 1 aliphatic rings. The molecule has 1 aliphatic heterocycles. The van der Waals surface area contributed by atoms with Crippen molar-refractivity contribution >= 4 is 17.1 Å². The van der Waals surface area contributed by atoms with E-state index in [0.29, 0.717) is 11.6 Å². The van der Waals surface area contributed by atoms with Crippen molar-refractivity contribution in [2.45, 2.75) is 26.3 Å². The zero-order valence-electron chi connectivity index (χ0n) is 16.4. The summed E-state index contributed by atoms with van der Waals surface area (Å²) in [5.74, 6) is 0.0615. The van der Waals surface area contributed by atoms with Crippen LogP contribution in [-0.2, 0) is 0 Å². The molecular weight excluding hydrogens is 328 g/mol. The van der Waals surface area contributed by atoms with E-state index >= 15 is 0 Å². The summed E-state index contributed by atoms with van der Waals surface area (Å²) in [6.45, 7) is 9.83. The molecular formula is C19H30N6O. The molecule has 1 amide bonds. The van der Waals surface area contributed by atoms with E-state index in [0.717, 1.165) is 50.4 Å². The summed E-state index contributed by atoms with van der Waals surface area (Å²) in [4.78, 5) is 28.3. The predicted molar refractivity (Wildman–Crippen MR) is 103 cm³/mol. The van der Waals surface area contributed by atoms with Gasteiger partial charge in [0.15, 0.2) is 5.65 Å². The van der Waals surface area contributed by atoms with Crippen molar-refractivity contribution in [3.8, 4) is 0 Å². The van der Waals surface area contributed by atoms with Crippen molar-refractivity contribution in [2.75, 3.05) is 53.4 Å². The molecule has 7 heteroatoms. The van der Waals surface area contributed by atoms with Gasteiger partial charge in [0.1, 0.15) is 5.52 Å². The Kier molecular flexibility index (Phi) is 5.88. The van der Waals surface area contributed by atoms with Gasteiger partial charge in [-0.3, -0.25) is 9.69 Å². The van der Waals surface area contributed by atoms with Crippen LogP contribution in [0.2, 0.25) is 0 Å². The number of hydrogen-bond acceptors (Lipinski definition) is 5. The maximum atomic E-state index is 12.8. The number of rotatable bonds is 6. The molecule has 3 rings (SSSR count). The minimum Gasteiger partial charge on any atom is -0.336 e. The third kappa shape index (κ3) is 4.22. The minimum absolute atomic E-state index is 0.0615. The Labute approximate surface area is 155 Å². The molecule has 1 fully saturated rings. The summed E-state index contributed by atoms with van der Waals surface area (Å²) < 4.78 is 2.02. The van der Waals surface area contributed by atoms with Crippen molar-refractivity contribution in [1.29, 1.82) is 0 Å². The van der Waals surface area contributed by atoms with E-state index in [2.05, 4.69) is 47.7 Å². The second kappa shape index (κ2) is 8.14. The Morgan fingerprint density at radius 1 is 1.19 bits per heavy atom.